The van der Waals surface area contributed by atoms with Crippen LogP contribution < -0.4 is 9.47 Å². The molecule has 0 saturated heterocycles. The van der Waals surface area contributed by atoms with Crippen LogP contribution >= 0.6 is 34.4 Å². The first-order valence-electron chi connectivity index (χ1n) is 6.90. The van der Waals surface area contributed by atoms with Gasteiger partial charge in [-0.2, -0.15) is 0 Å². The summed E-state index contributed by atoms with van der Waals surface area (Å²) < 4.78 is 11.5. The summed E-state index contributed by atoms with van der Waals surface area (Å²) in [5.74, 6) is 2.92. The molecule has 1 aromatic carbocycles. The molecule has 7 nitrogen and oxygen atoms in total. The van der Waals surface area contributed by atoms with Crippen molar-refractivity contribution in [1.29, 1.82) is 0 Å². The summed E-state index contributed by atoms with van der Waals surface area (Å²) in [6, 6.07) is 3.46. The summed E-state index contributed by atoms with van der Waals surface area (Å²) in [5.41, 5.74) is 0.645. The molecule has 25 heavy (non-hydrogen) atoms. The Labute approximate surface area is 162 Å². The second kappa shape index (κ2) is 8.77. The zero-order valence-corrected chi connectivity index (χ0v) is 16.3. The van der Waals surface area contributed by atoms with E-state index in [0.717, 1.165) is 15.3 Å². The van der Waals surface area contributed by atoms with Gasteiger partial charge in [-0.1, -0.05) is 5.92 Å². The van der Waals surface area contributed by atoms with Gasteiger partial charge in [0.15, 0.2) is 11.5 Å². The van der Waals surface area contributed by atoms with Crippen LogP contribution in [0.2, 0.25) is 0 Å². The number of terminal acetylenes is 1. The van der Waals surface area contributed by atoms with Crippen LogP contribution in [-0.4, -0.2) is 40.0 Å². The number of rotatable bonds is 7. The lowest BCUT2D eigenvalue weighted by molar-refractivity contribution is -0.131. The molecule has 0 atom stereocenters. The first kappa shape index (κ1) is 19.1. The topological polar surface area (TPSA) is 97.3 Å². The number of ether oxygens (including phenoxy) is 2. The van der Waals surface area contributed by atoms with Gasteiger partial charge < -0.3 is 14.6 Å². The molecule has 0 bridgehead atoms. The molecular formula is C16H14IN3O4S. The van der Waals surface area contributed by atoms with Crippen LogP contribution in [-0.2, 0) is 4.79 Å². The lowest BCUT2D eigenvalue weighted by Gasteiger charge is -2.12. The Hall–Kier alpha value is -2.19. The maximum Gasteiger partial charge on any atom is 0.342 e. The Morgan fingerprint density at radius 1 is 1.56 bits per heavy atom. The van der Waals surface area contributed by atoms with Crippen LogP contribution in [0.5, 0.6) is 11.5 Å². The van der Waals surface area contributed by atoms with Crippen molar-refractivity contribution in [2.45, 2.75) is 12.1 Å². The zero-order chi connectivity index (χ0) is 18.4. The second-order valence-corrected chi connectivity index (χ2v) is 6.82. The molecule has 0 spiro atoms. The Morgan fingerprint density at radius 3 is 2.88 bits per heavy atom. The summed E-state index contributed by atoms with van der Waals surface area (Å²) in [6.45, 7) is 1.85. The molecule has 130 valence electrons. The van der Waals surface area contributed by atoms with Gasteiger partial charge in [-0.25, -0.2) is 9.78 Å². The van der Waals surface area contributed by atoms with Crippen LogP contribution in [0.1, 0.15) is 11.4 Å². The number of nitrogens with one attached hydrogen (secondary N) is 1. The number of methoxy groups -OCH3 is 1. The van der Waals surface area contributed by atoms with Crippen LogP contribution in [0, 0.1) is 22.8 Å². The van der Waals surface area contributed by atoms with Gasteiger partial charge in [-0.15, -0.1) is 11.5 Å². The smallest absolute Gasteiger partial charge is 0.342 e. The fourth-order valence-corrected chi connectivity index (χ4v) is 3.36. The number of carboxylic acids is 1. The molecule has 0 saturated carbocycles. The molecule has 0 aliphatic heterocycles. The predicted molar refractivity (Wildman–Crippen MR) is 103 cm³/mol. The van der Waals surface area contributed by atoms with Gasteiger partial charge in [0.2, 0.25) is 5.16 Å². The van der Waals surface area contributed by atoms with E-state index in [-0.39, 0.29) is 11.5 Å². The number of nitrogens with zero attached hydrogens (tertiary/aromatic N) is 2. The standard InChI is InChI=1S/C16H14IN3O4S/c1-4-5-24-14-11(17)6-10(7-12(14)23-3)8-13(15(21)22)25-16-18-9(2)19-20-16/h1,6-8H,5H2,2-3H3,(H,21,22)(H,18,19,20)/b13-8-. The number of halogens is 1. The SMILES string of the molecule is C#CCOc1c(I)cc(/C=C(\Sc2n[nH]c(C)n2)C(=O)O)cc1OC. The molecule has 9 heteroatoms. The number of H-pyrrole nitrogens is 1. The highest BCUT2D eigenvalue weighted by molar-refractivity contribution is 14.1. The number of carboxylic acid groups (broad SMARTS) is 1. The van der Waals surface area contributed by atoms with E-state index in [0.29, 0.717) is 28.0 Å². The molecule has 0 fully saturated rings. The van der Waals surface area contributed by atoms with Crippen molar-refractivity contribution in [3.63, 3.8) is 0 Å². The Balaban J connectivity index is 2.37. The number of benzene rings is 1. The molecule has 2 aromatic rings. The first-order valence-corrected chi connectivity index (χ1v) is 8.79. The minimum Gasteiger partial charge on any atom is -0.493 e. The van der Waals surface area contributed by atoms with E-state index in [4.69, 9.17) is 15.9 Å². The number of hydrogen-bond acceptors (Lipinski definition) is 6. The molecule has 0 amide bonds. The lowest BCUT2D eigenvalue weighted by Crippen LogP contribution is -2.00. The van der Waals surface area contributed by atoms with Gasteiger partial charge in [-0.05, 0) is 65.0 Å². The number of thioether (sulfide) groups is 1. The maximum absolute atomic E-state index is 11.5. The highest BCUT2D eigenvalue weighted by Crippen LogP contribution is 2.35. The van der Waals surface area contributed by atoms with Crippen molar-refractivity contribution >= 4 is 46.4 Å². The van der Waals surface area contributed by atoms with Gasteiger partial charge in [0.1, 0.15) is 17.3 Å². The average molecular weight is 471 g/mol. The fourth-order valence-electron chi connectivity index (χ4n) is 1.83. The Kier molecular flexibility index (Phi) is 6.72. The molecule has 0 aliphatic rings. The van der Waals surface area contributed by atoms with Crippen LogP contribution in [0.3, 0.4) is 0 Å². The quantitative estimate of drug-likeness (QED) is 0.278. The van der Waals surface area contributed by atoms with Crippen molar-refractivity contribution in [3.8, 4) is 23.8 Å². The van der Waals surface area contributed by atoms with Gasteiger partial charge in [0.25, 0.3) is 0 Å². The van der Waals surface area contributed by atoms with E-state index >= 15 is 0 Å². The molecule has 1 heterocycles. The third kappa shape index (κ3) is 5.14. The summed E-state index contributed by atoms with van der Waals surface area (Å²) in [4.78, 5) is 15.7. The van der Waals surface area contributed by atoms with E-state index in [9.17, 15) is 9.90 Å². The van der Waals surface area contributed by atoms with Crippen molar-refractivity contribution in [1.82, 2.24) is 15.2 Å². The molecule has 2 rings (SSSR count). The summed E-state index contributed by atoms with van der Waals surface area (Å²) in [7, 11) is 1.50. The van der Waals surface area contributed by atoms with Crippen LogP contribution in [0.25, 0.3) is 6.08 Å². The number of aromatic amines is 1. The minimum absolute atomic E-state index is 0.0779. The van der Waals surface area contributed by atoms with Gasteiger partial charge >= 0.3 is 5.97 Å². The van der Waals surface area contributed by atoms with E-state index in [2.05, 4.69) is 43.7 Å². The van der Waals surface area contributed by atoms with Gasteiger partial charge in [0, 0.05) is 0 Å². The normalized spacial score (nSPS) is 11.0. The lowest BCUT2D eigenvalue weighted by atomic mass is 10.2. The number of aryl methyl sites for hydroxylation is 1. The van der Waals surface area contributed by atoms with Crippen LogP contribution in [0.4, 0.5) is 0 Å². The third-order valence-corrected chi connectivity index (χ3v) is 4.52. The molecule has 0 radical (unpaired) electrons. The highest BCUT2D eigenvalue weighted by Gasteiger charge is 2.15. The molecule has 1 aromatic heterocycles. The monoisotopic (exact) mass is 471 g/mol. The van der Waals surface area contributed by atoms with Gasteiger partial charge in [-0.3, -0.25) is 5.10 Å². The van der Waals surface area contributed by atoms with E-state index in [1.54, 1.807) is 19.1 Å². The molecule has 2 N–H and O–H groups in total. The van der Waals surface area contributed by atoms with Crippen molar-refractivity contribution in [3.05, 3.63) is 32.0 Å². The zero-order valence-electron chi connectivity index (χ0n) is 13.4. The number of aromatic nitrogens is 3. The Bertz CT molecular complexity index is 858. The van der Waals surface area contributed by atoms with E-state index in [1.165, 1.54) is 13.2 Å². The molecular weight excluding hydrogens is 457 g/mol. The highest BCUT2D eigenvalue weighted by atomic mass is 127. The Morgan fingerprint density at radius 2 is 2.32 bits per heavy atom. The third-order valence-electron chi connectivity index (χ3n) is 2.84. The fraction of sp³-hybridized carbons (Fsp3) is 0.188. The maximum atomic E-state index is 11.5. The first-order chi connectivity index (χ1) is 11.9. The van der Waals surface area contributed by atoms with Crippen molar-refractivity contribution in [2.24, 2.45) is 0 Å². The largest absolute Gasteiger partial charge is 0.493 e. The number of hydrogen-bond donors (Lipinski definition) is 2. The van der Waals surface area contributed by atoms with E-state index in [1.807, 2.05) is 0 Å². The van der Waals surface area contributed by atoms with Crippen molar-refractivity contribution in [2.75, 3.05) is 13.7 Å². The van der Waals surface area contributed by atoms with Crippen molar-refractivity contribution < 1.29 is 19.4 Å². The summed E-state index contributed by atoms with van der Waals surface area (Å²) in [5, 5.41) is 16.4. The van der Waals surface area contributed by atoms with E-state index < -0.39 is 5.97 Å². The minimum atomic E-state index is -1.07. The molecule has 0 aliphatic carbocycles. The predicted octanol–water partition coefficient (Wildman–Crippen LogP) is 2.96. The van der Waals surface area contributed by atoms with Gasteiger partial charge in [0.05, 0.1) is 10.7 Å². The average Bonchev–Trinajstić information content (AvgIpc) is 2.97. The molecule has 0 unspecified atom stereocenters. The van der Waals surface area contributed by atoms with Crippen LogP contribution in [0.15, 0.2) is 22.2 Å². The second-order valence-electron chi connectivity index (χ2n) is 4.65. The number of carbonyl (C=O) groups is 1. The number of aliphatic carboxylic acids is 1. The summed E-state index contributed by atoms with van der Waals surface area (Å²) >= 11 is 3.04. The summed E-state index contributed by atoms with van der Waals surface area (Å²) in [6.07, 6.45) is 6.73.